The number of hydrogen-bond donors (Lipinski definition) is 0. The van der Waals surface area contributed by atoms with E-state index in [4.69, 9.17) is 21.1 Å². The van der Waals surface area contributed by atoms with Gasteiger partial charge < -0.3 is 9.47 Å². The highest BCUT2D eigenvalue weighted by Gasteiger charge is 2.16. The Labute approximate surface area is 130 Å². The van der Waals surface area contributed by atoms with E-state index in [0.29, 0.717) is 13.2 Å². The van der Waals surface area contributed by atoms with Gasteiger partial charge in [0.15, 0.2) is 11.5 Å². The molecule has 21 heavy (non-hydrogen) atoms. The Bertz CT molecular complexity index is 652. The predicted octanol–water partition coefficient (Wildman–Crippen LogP) is 4.79. The second-order valence-corrected chi connectivity index (χ2v) is 5.90. The summed E-state index contributed by atoms with van der Waals surface area (Å²) in [5, 5.41) is -0.179. The highest BCUT2D eigenvalue weighted by Crippen LogP contribution is 2.36. The van der Waals surface area contributed by atoms with Crippen molar-refractivity contribution in [1.82, 2.24) is 0 Å². The Morgan fingerprint density at radius 3 is 2.29 bits per heavy atom. The first kappa shape index (κ1) is 14.3. The first-order valence-electron chi connectivity index (χ1n) is 7.26. The minimum atomic E-state index is -0.179. The zero-order valence-electron chi connectivity index (χ0n) is 12.4. The van der Waals surface area contributed by atoms with Crippen LogP contribution in [0.2, 0.25) is 0 Å². The molecular weight excluding hydrogens is 284 g/mol. The van der Waals surface area contributed by atoms with E-state index in [2.05, 4.69) is 32.0 Å². The minimum absolute atomic E-state index is 0.179. The van der Waals surface area contributed by atoms with Crippen LogP contribution in [-0.2, 0) is 0 Å². The highest BCUT2D eigenvalue weighted by molar-refractivity contribution is 6.22. The Hall–Kier alpha value is -1.67. The molecule has 0 aliphatic carbocycles. The van der Waals surface area contributed by atoms with Gasteiger partial charge in [-0.05, 0) is 48.2 Å². The first-order valence-corrected chi connectivity index (χ1v) is 7.69. The molecule has 0 fully saturated rings. The van der Waals surface area contributed by atoms with Gasteiger partial charge >= 0.3 is 0 Å². The molecule has 2 nitrogen and oxygen atoms in total. The maximum absolute atomic E-state index is 6.64. The van der Waals surface area contributed by atoms with E-state index in [9.17, 15) is 0 Å². The molecule has 3 heteroatoms. The van der Waals surface area contributed by atoms with Crippen LogP contribution in [0.3, 0.4) is 0 Å². The second kappa shape index (κ2) is 5.98. The summed E-state index contributed by atoms with van der Waals surface area (Å²) in [5.74, 6) is 1.60. The Morgan fingerprint density at radius 2 is 1.52 bits per heavy atom. The number of ether oxygens (including phenoxy) is 2. The van der Waals surface area contributed by atoms with Crippen LogP contribution < -0.4 is 9.47 Å². The lowest BCUT2D eigenvalue weighted by Gasteiger charge is -2.15. The van der Waals surface area contributed by atoms with Crippen molar-refractivity contribution in [3.63, 3.8) is 0 Å². The van der Waals surface area contributed by atoms with Crippen LogP contribution in [0.4, 0.5) is 0 Å². The van der Waals surface area contributed by atoms with Crippen LogP contribution in [0, 0.1) is 13.8 Å². The Kier molecular flexibility index (Phi) is 4.07. The molecule has 3 rings (SSSR count). The molecule has 0 N–H and O–H groups in total. The summed E-state index contributed by atoms with van der Waals surface area (Å²) in [5.41, 5.74) is 4.67. The number of halogens is 1. The largest absolute Gasteiger partial charge is 0.490 e. The van der Waals surface area contributed by atoms with Gasteiger partial charge in [0, 0.05) is 6.42 Å². The lowest BCUT2D eigenvalue weighted by atomic mass is 10.00. The van der Waals surface area contributed by atoms with Crippen molar-refractivity contribution in [2.24, 2.45) is 0 Å². The van der Waals surface area contributed by atoms with Crippen molar-refractivity contribution in [2.45, 2.75) is 25.6 Å². The van der Waals surface area contributed by atoms with E-state index in [1.54, 1.807) is 0 Å². The van der Waals surface area contributed by atoms with Gasteiger partial charge in [-0.2, -0.15) is 0 Å². The van der Waals surface area contributed by atoms with E-state index in [1.807, 2.05) is 18.2 Å². The highest BCUT2D eigenvalue weighted by atomic mass is 35.5. The van der Waals surface area contributed by atoms with Gasteiger partial charge in [-0.1, -0.05) is 24.3 Å². The number of aryl methyl sites for hydroxylation is 2. The molecule has 110 valence electrons. The monoisotopic (exact) mass is 302 g/mol. The quantitative estimate of drug-likeness (QED) is 0.742. The van der Waals surface area contributed by atoms with Gasteiger partial charge in [0.2, 0.25) is 0 Å². The van der Waals surface area contributed by atoms with Crippen molar-refractivity contribution < 1.29 is 9.47 Å². The van der Waals surface area contributed by atoms with Crippen LogP contribution in [0.15, 0.2) is 36.4 Å². The standard InChI is InChI=1S/C18H19ClO2/c1-12-4-5-14(10-13(12)2)18(19)15-6-7-16-17(11-15)21-9-3-8-20-16/h4-7,10-11,18H,3,8-9H2,1-2H3. The average Bonchev–Trinajstić information content (AvgIpc) is 2.73. The number of hydrogen-bond acceptors (Lipinski definition) is 2. The summed E-state index contributed by atoms with van der Waals surface area (Å²) in [6, 6.07) is 12.3. The molecule has 0 saturated heterocycles. The number of alkyl halides is 1. The summed E-state index contributed by atoms with van der Waals surface area (Å²) >= 11 is 6.64. The molecule has 0 amide bonds. The SMILES string of the molecule is Cc1ccc(C(Cl)c2ccc3c(c2)OCCCO3)cc1C. The molecule has 1 atom stereocenters. The smallest absolute Gasteiger partial charge is 0.161 e. The van der Waals surface area contributed by atoms with Crippen molar-refractivity contribution in [1.29, 1.82) is 0 Å². The number of fused-ring (bicyclic) bond motifs is 1. The van der Waals surface area contributed by atoms with Gasteiger partial charge in [-0.3, -0.25) is 0 Å². The Balaban J connectivity index is 1.92. The lowest BCUT2D eigenvalue weighted by Crippen LogP contribution is -1.98. The fourth-order valence-corrected chi connectivity index (χ4v) is 2.72. The molecule has 0 spiro atoms. The topological polar surface area (TPSA) is 18.5 Å². The summed E-state index contributed by atoms with van der Waals surface area (Å²) in [6.07, 6.45) is 0.908. The predicted molar refractivity (Wildman–Crippen MR) is 85.7 cm³/mol. The van der Waals surface area contributed by atoms with Crippen LogP contribution in [-0.4, -0.2) is 13.2 Å². The number of benzene rings is 2. The third-order valence-corrected chi connectivity index (χ3v) is 4.39. The molecule has 1 heterocycles. The third-order valence-electron chi connectivity index (χ3n) is 3.89. The van der Waals surface area contributed by atoms with Gasteiger partial charge in [0.25, 0.3) is 0 Å². The second-order valence-electron chi connectivity index (χ2n) is 5.46. The molecule has 0 saturated carbocycles. The van der Waals surface area contributed by atoms with Crippen LogP contribution in [0.1, 0.15) is 34.1 Å². The molecule has 1 unspecified atom stereocenters. The molecule has 1 aliphatic rings. The summed E-state index contributed by atoms with van der Waals surface area (Å²) in [4.78, 5) is 0. The van der Waals surface area contributed by atoms with Crippen LogP contribution in [0.25, 0.3) is 0 Å². The average molecular weight is 303 g/mol. The van der Waals surface area contributed by atoms with Gasteiger partial charge in [0.1, 0.15) is 0 Å². The zero-order valence-corrected chi connectivity index (χ0v) is 13.1. The maximum Gasteiger partial charge on any atom is 0.161 e. The number of rotatable bonds is 2. The molecule has 2 aromatic carbocycles. The first-order chi connectivity index (χ1) is 10.1. The van der Waals surface area contributed by atoms with E-state index in [-0.39, 0.29) is 5.38 Å². The van der Waals surface area contributed by atoms with Crippen LogP contribution >= 0.6 is 11.6 Å². The van der Waals surface area contributed by atoms with Crippen molar-refractivity contribution in [3.05, 3.63) is 58.7 Å². The minimum Gasteiger partial charge on any atom is -0.490 e. The van der Waals surface area contributed by atoms with Crippen molar-refractivity contribution in [3.8, 4) is 11.5 Å². The maximum atomic E-state index is 6.64. The van der Waals surface area contributed by atoms with E-state index in [0.717, 1.165) is 29.0 Å². The van der Waals surface area contributed by atoms with E-state index >= 15 is 0 Å². The normalized spacial score (nSPS) is 15.4. The summed E-state index contributed by atoms with van der Waals surface area (Å²) in [7, 11) is 0. The molecular formula is C18H19ClO2. The Morgan fingerprint density at radius 1 is 0.857 bits per heavy atom. The molecule has 0 radical (unpaired) electrons. The molecule has 1 aliphatic heterocycles. The molecule has 2 aromatic rings. The van der Waals surface area contributed by atoms with Gasteiger partial charge in [-0.25, -0.2) is 0 Å². The summed E-state index contributed by atoms with van der Waals surface area (Å²) < 4.78 is 11.4. The molecule has 0 aromatic heterocycles. The zero-order chi connectivity index (χ0) is 14.8. The van der Waals surface area contributed by atoms with Gasteiger partial charge in [-0.15, -0.1) is 11.6 Å². The van der Waals surface area contributed by atoms with E-state index in [1.165, 1.54) is 11.1 Å². The fraction of sp³-hybridized carbons (Fsp3) is 0.333. The van der Waals surface area contributed by atoms with Crippen molar-refractivity contribution >= 4 is 11.6 Å². The van der Waals surface area contributed by atoms with E-state index < -0.39 is 0 Å². The van der Waals surface area contributed by atoms with Crippen molar-refractivity contribution in [2.75, 3.05) is 13.2 Å². The molecule has 0 bridgehead atoms. The summed E-state index contributed by atoms with van der Waals surface area (Å²) in [6.45, 7) is 5.60. The third kappa shape index (κ3) is 3.01. The van der Waals surface area contributed by atoms with Crippen LogP contribution in [0.5, 0.6) is 11.5 Å². The fourth-order valence-electron chi connectivity index (χ4n) is 2.45. The lowest BCUT2D eigenvalue weighted by molar-refractivity contribution is 0.297. The van der Waals surface area contributed by atoms with Gasteiger partial charge in [0.05, 0.1) is 18.6 Å².